The van der Waals surface area contributed by atoms with Gasteiger partial charge in [-0.1, -0.05) is 12.1 Å². The molecule has 2 aromatic rings. The lowest BCUT2D eigenvalue weighted by Crippen LogP contribution is -2.09. The number of rotatable bonds is 7. The number of nitriles is 1. The highest BCUT2D eigenvalue weighted by molar-refractivity contribution is 5.77. The van der Waals surface area contributed by atoms with Gasteiger partial charge in [0.1, 0.15) is 11.8 Å². The fourth-order valence-electron chi connectivity index (χ4n) is 3.19. The van der Waals surface area contributed by atoms with Crippen molar-refractivity contribution < 1.29 is 20.4 Å². The van der Waals surface area contributed by atoms with Gasteiger partial charge in [0.15, 0.2) is 0 Å². The summed E-state index contributed by atoms with van der Waals surface area (Å²) in [6.07, 6.45) is -0.895. The molecule has 1 unspecified atom stereocenters. The van der Waals surface area contributed by atoms with Gasteiger partial charge in [0.2, 0.25) is 0 Å². The minimum Gasteiger partial charge on any atom is -0.392 e. The molecule has 0 aliphatic rings. The monoisotopic (exact) mass is 345 g/mol. The summed E-state index contributed by atoms with van der Waals surface area (Å²) in [5.41, 5.74) is 4.10. The molecular formula is C18H23N3O4. The first-order valence-electron chi connectivity index (χ1n) is 7.97. The number of aliphatic hydroxyl groups is 4. The highest BCUT2D eigenvalue weighted by Crippen LogP contribution is 2.38. The lowest BCUT2D eigenvalue weighted by atomic mass is 9.89. The fourth-order valence-corrected chi connectivity index (χ4v) is 3.19. The summed E-state index contributed by atoms with van der Waals surface area (Å²) in [7, 11) is 1.76. The van der Waals surface area contributed by atoms with Gasteiger partial charge in [-0.05, 0) is 36.2 Å². The average Bonchev–Trinajstić information content (AvgIpc) is 2.98. The maximum atomic E-state index is 10.2. The van der Waals surface area contributed by atoms with Crippen molar-refractivity contribution in [3.8, 4) is 17.2 Å². The maximum absolute atomic E-state index is 10.2. The first-order chi connectivity index (χ1) is 12.0. The van der Waals surface area contributed by atoms with Gasteiger partial charge in [-0.2, -0.15) is 5.26 Å². The zero-order valence-corrected chi connectivity index (χ0v) is 14.3. The fraction of sp³-hybridized carbons (Fsp3) is 0.389. The standard InChI is InChI=1S/C18H23N3O4/c1-10(25)17-15(5-19)21-16(6-20-2)18(17)12-4-3-11(7-22)13(8-23)14(12)9-24/h3-4,10,20-25H,6-9H2,1-2H3. The van der Waals surface area contributed by atoms with Gasteiger partial charge in [-0.15, -0.1) is 0 Å². The summed E-state index contributed by atoms with van der Waals surface area (Å²) in [5, 5.41) is 51.6. The molecule has 25 heavy (non-hydrogen) atoms. The predicted molar refractivity (Wildman–Crippen MR) is 92.1 cm³/mol. The quantitative estimate of drug-likeness (QED) is 0.440. The summed E-state index contributed by atoms with van der Waals surface area (Å²) in [5.74, 6) is 0. The van der Waals surface area contributed by atoms with Gasteiger partial charge in [0, 0.05) is 23.4 Å². The van der Waals surface area contributed by atoms with E-state index >= 15 is 0 Å². The van der Waals surface area contributed by atoms with Crippen LogP contribution in [0.1, 0.15) is 46.7 Å². The van der Waals surface area contributed by atoms with Crippen molar-refractivity contribution >= 4 is 0 Å². The van der Waals surface area contributed by atoms with Gasteiger partial charge in [0.25, 0.3) is 0 Å². The van der Waals surface area contributed by atoms with E-state index in [-0.39, 0.29) is 25.5 Å². The predicted octanol–water partition coefficient (Wildman–Crippen LogP) is 0.803. The van der Waals surface area contributed by atoms with E-state index in [9.17, 15) is 25.7 Å². The number of hydrogen-bond donors (Lipinski definition) is 6. The van der Waals surface area contributed by atoms with Crippen molar-refractivity contribution in [2.24, 2.45) is 0 Å². The third-order valence-corrected chi connectivity index (χ3v) is 4.28. The van der Waals surface area contributed by atoms with Crippen LogP contribution < -0.4 is 5.32 Å². The summed E-state index contributed by atoms with van der Waals surface area (Å²) >= 11 is 0. The summed E-state index contributed by atoms with van der Waals surface area (Å²) in [6, 6.07) is 5.46. The van der Waals surface area contributed by atoms with Crippen molar-refractivity contribution in [3.63, 3.8) is 0 Å². The van der Waals surface area contributed by atoms with Crippen LogP contribution in [-0.4, -0.2) is 32.5 Å². The van der Waals surface area contributed by atoms with Crippen LogP contribution in [0.4, 0.5) is 0 Å². The molecule has 0 radical (unpaired) electrons. The summed E-state index contributed by atoms with van der Waals surface area (Å²) in [4.78, 5) is 3.02. The molecule has 2 rings (SSSR count). The Balaban J connectivity index is 2.86. The van der Waals surface area contributed by atoms with Gasteiger partial charge in [-0.25, -0.2) is 0 Å². The summed E-state index contributed by atoms with van der Waals surface area (Å²) in [6.45, 7) is 1.07. The first kappa shape index (κ1) is 19.1. The van der Waals surface area contributed by atoms with E-state index < -0.39 is 6.10 Å². The molecule has 0 spiro atoms. The van der Waals surface area contributed by atoms with E-state index in [0.717, 1.165) is 0 Å². The molecular weight excluding hydrogens is 322 g/mol. The maximum Gasteiger partial charge on any atom is 0.124 e. The molecule has 1 aromatic carbocycles. The van der Waals surface area contributed by atoms with Gasteiger partial charge in [-0.3, -0.25) is 0 Å². The van der Waals surface area contributed by atoms with Crippen molar-refractivity contribution in [2.75, 3.05) is 7.05 Å². The Morgan fingerprint density at radius 2 is 1.84 bits per heavy atom. The molecule has 1 atom stereocenters. The Bertz CT molecular complexity index is 791. The molecule has 7 heteroatoms. The van der Waals surface area contributed by atoms with Gasteiger partial charge >= 0.3 is 0 Å². The number of benzene rings is 1. The molecule has 0 aliphatic carbocycles. The Morgan fingerprint density at radius 1 is 1.16 bits per heavy atom. The van der Waals surface area contributed by atoms with Crippen molar-refractivity contribution in [3.05, 3.63) is 45.8 Å². The molecule has 0 saturated heterocycles. The lowest BCUT2D eigenvalue weighted by Gasteiger charge is -2.18. The normalized spacial score (nSPS) is 12.2. The number of nitrogens with one attached hydrogen (secondary N) is 2. The first-order valence-corrected chi connectivity index (χ1v) is 7.97. The summed E-state index contributed by atoms with van der Waals surface area (Å²) < 4.78 is 0. The second-order valence-electron chi connectivity index (χ2n) is 5.79. The van der Waals surface area contributed by atoms with E-state index in [1.165, 1.54) is 0 Å². The molecule has 0 amide bonds. The third-order valence-electron chi connectivity index (χ3n) is 4.28. The SMILES string of the molecule is CNCc1[nH]c(C#N)c(C(C)O)c1-c1ccc(CO)c(CO)c1CO. The topological polar surface area (TPSA) is 133 Å². The zero-order valence-electron chi connectivity index (χ0n) is 14.3. The largest absolute Gasteiger partial charge is 0.392 e. The lowest BCUT2D eigenvalue weighted by molar-refractivity contribution is 0.199. The Morgan fingerprint density at radius 3 is 2.32 bits per heavy atom. The Labute approximate surface area is 146 Å². The molecule has 7 nitrogen and oxygen atoms in total. The molecule has 6 N–H and O–H groups in total. The number of H-pyrrole nitrogens is 1. The second kappa shape index (κ2) is 8.25. The highest BCUT2D eigenvalue weighted by Gasteiger charge is 2.25. The second-order valence-corrected chi connectivity index (χ2v) is 5.79. The molecule has 0 aliphatic heterocycles. The van der Waals surface area contributed by atoms with Crippen LogP contribution in [-0.2, 0) is 26.4 Å². The molecule has 1 heterocycles. The van der Waals surface area contributed by atoms with Crippen molar-refractivity contribution in [1.29, 1.82) is 5.26 Å². The van der Waals surface area contributed by atoms with Gasteiger partial charge in [0.05, 0.1) is 25.9 Å². The minimum absolute atomic E-state index is 0.258. The Kier molecular flexibility index (Phi) is 6.31. The molecule has 1 aromatic heterocycles. The third kappa shape index (κ3) is 3.44. The molecule has 0 fully saturated rings. The van der Waals surface area contributed by atoms with Gasteiger partial charge < -0.3 is 30.7 Å². The Hall–Kier alpha value is -2.21. The van der Waals surface area contributed by atoms with Crippen LogP contribution in [0.15, 0.2) is 12.1 Å². The molecule has 0 bridgehead atoms. The van der Waals surface area contributed by atoms with Crippen molar-refractivity contribution in [1.82, 2.24) is 10.3 Å². The molecule has 0 saturated carbocycles. The average molecular weight is 345 g/mol. The highest BCUT2D eigenvalue weighted by atomic mass is 16.3. The van der Waals surface area contributed by atoms with Crippen molar-refractivity contribution in [2.45, 2.75) is 39.4 Å². The number of aliphatic hydroxyl groups excluding tert-OH is 4. The number of hydrogen-bond acceptors (Lipinski definition) is 6. The van der Waals surface area contributed by atoms with E-state index in [1.54, 1.807) is 26.1 Å². The van der Waals surface area contributed by atoms with Crippen LogP contribution in [0.3, 0.4) is 0 Å². The van der Waals surface area contributed by atoms with E-state index in [4.69, 9.17) is 0 Å². The van der Waals surface area contributed by atoms with E-state index in [0.29, 0.717) is 45.6 Å². The number of aromatic nitrogens is 1. The van der Waals surface area contributed by atoms with Crippen LogP contribution in [0.5, 0.6) is 0 Å². The van der Waals surface area contributed by atoms with Crippen LogP contribution in [0.25, 0.3) is 11.1 Å². The number of aromatic amines is 1. The van der Waals surface area contributed by atoms with E-state index in [2.05, 4.69) is 16.4 Å². The minimum atomic E-state index is -0.895. The zero-order chi connectivity index (χ0) is 18.6. The van der Waals surface area contributed by atoms with E-state index in [1.807, 2.05) is 0 Å². The smallest absolute Gasteiger partial charge is 0.124 e. The molecule has 134 valence electrons. The van der Waals surface area contributed by atoms with Crippen LogP contribution in [0.2, 0.25) is 0 Å². The van der Waals surface area contributed by atoms with Crippen LogP contribution >= 0.6 is 0 Å². The van der Waals surface area contributed by atoms with Crippen LogP contribution in [0, 0.1) is 11.3 Å². The number of nitrogens with zero attached hydrogens (tertiary/aromatic N) is 1.